The van der Waals surface area contributed by atoms with E-state index in [2.05, 4.69) is 26.0 Å². The minimum absolute atomic E-state index is 0.0279. The molecule has 3 aromatic carbocycles. The number of hydrogen-bond acceptors (Lipinski definition) is 4. The molecule has 0 spiro atoms. The molecule has 0 unspecified atom stereocenters. The number of para-hydroxylation sites is 1. The fourth-order valence-electron chi connectivity index (χ4n) is 2.77. The Hall–Kier alpha value is -2.84. The van der Waals surface area contributed by atoms with Gasteiger partial charge >= 0.3 is 0 Å². The molecule has 0 aromatic heterocycles. The lowest BCUT2D eigenvalue weighted by Gasteiger charge is -2.13. The van der Waals surface area contributed by atoms with Crippen molar-refractivity contribution >= 4 is 43.2 Å². The maximum absolute atomic E-state index is 12.9. The van der Waals surface area contributed by atoms with Gasteiger partial charge in [-0.25, -0.2) is 8.42 Å². The summed E-state index contributed by atoms with van der Waals surface area (Å²) in [6.07, 6.45) is 0. The lowest BCUT2D eigenvalue weighted by Crippen LogP contribution is -2.15. The molecule has 0 aliphatic carbocycles. The van der Waals surface area contributed by atoms with Crippen LogP contribution in [0.3, 0.4) is 0 Å². The van der Waals surface area contributed by atoms with E-state index in [4.69, 9.17) is 4.74 Å². The Morgan fingerprint density at radius 2 is 1.73 bits per heavy atom. The topological polar surface area (TPSA) is 84.5 Å². The highest BCUT2D eigenvalue weighted by molar-refractivity contribution is 9.10. The second kappa shape index (κ2) is 9.32. The minimum Gasteiger partial charge on any atom is -0.492 e. The van der Waals surface area contributed by atoms with Gasteiger partial charge in [0.25, 0.3) is 15.9 Å². The summed E-state index contributed by atoms with van der Waals surface area (Å²) in [6.45, 7) is 4.04. The number of halogens is 1. The fourth-order valence-corrected chi connectivity index (χ4v) is 4.52. The Kier molecular flexibility index (Phi) is 6.79. The van der Waals surface area contributed by atoms with E-state index in [1.54, 1.807) is 43.3 Å². The number of aryl methyl sites for hydroxylation is 1. The van der Waals surface area contributed by atoms with Gasteiger partial charge in [-0.15, -0.1) is 0 Å². The second-order valence-electron chi connectivity index (χ2n) is 6.48. The Morgan fingerprint density at radius 1 is 1.03 bits per heavy atom. The van der Waals surface area contributed by atoms with Gasteiger partial charge in [0, 0.05) is 21.4 Å². The standard InChI is InChI=1S/C22H21BrN2O4S/c1-3-29-20-13-10-17(23)14-21(20)30(27,28)25-18-11-8-16(9-12-18)22(26)24-19-7-5-4-6-15(19)2/h4-14,25H,3H2,1-2H3,(H,24,26). The van der Waals surface area contributed by atoms with Gasteiger partial charge in [-0.3, -0.25) is 9.52 Å². The summed E-state index contributed by atoms with van der Waals surface area (Å²) < 4.78 is 34.3. The zero-order chi connectivity index (χ0) is 21.7. The molecule has 156 valence electrons. The highest BCUT2D eigenvalue weighted by atomic mass is 79.9. The molecule has 0 aliphatic rings. The second-order valence-corrected chi connectivity index (χ2v) is 9.04. The minimum atomic E-state index is -3.88. The number of amides is 1. The van der Waals surface area contributed by atoms with Gasteiger partial charge in [0.15, 0.2) is 0 Å². The Labute approximate surface area is 184 Å². The summed E-state index contributed by atoms with van der Waals surface area (Å²) in [5.74, 6) is -0.00763. The maximum atomic E-state index is 12.9. The summed E-state index contributed by atoms with van der Waals surface area (Å²) in [5, 5.41) is 2.85. The molecule has 6 nitrogen and oxygen atoms in total. The smallest absolute Gasteiger partial charge is 0.265 e. The fraction of sp³-hybridized carbons (Fsp3) is 0.136. The van der Waals surface area contributed by atoms with Crippen LogP contribution in [0.2, 0.25) is 0 Å². The zero-order valence-electron chi connectivity index (χ0n) is 16.5. The molecule has 0 saturated carbocycles. The summed E-state index contributed by atoms with van der Waals surface area (Å²) in [4.78, 5) is 12.5. The number of ether oxygens (including phenoxy) is 1. The van der Waals surface area contributed by atoms with Gasteiger partial charge in [-0.05, 0) is 67.9 Å². The summed E-state index contributed by atoms with van der Waals surface area (Å²) in [5.41, 5.74) is 2.43. The van der Waals surface area contributed by atoms with Crippen LogP contribution in [0.5, 0.6) is 5.75 Å². The third kappa shape index (κ3) is 5.20. The maximum Gasteiger partial charge on any atom is 0.265 e. The number of carbonyl (C=O) groups excluding carboxylic acids is 1. The van der Waals surface area contributed by atoms with Crippen molar-refractivity contribution in [3.05, 3.63) is 82.3 Å². The number of anilines is 2. The Morgan fingerprint density at radius 3 is 2.40 bits per heavy atom. The van der Waals surface area contributed by atoms with E-state index in [1.165, 1.54) is 6.07 Å². The number of nitrogens with one attached hydrogen (secondary N) is 2. The highest BCUT2D eigenvalue weighted by Crippen LogP contribution is 2.29. The van der Waals surface area contributed by atoms with E-state index in [0.29, 0.717) is 22.3 Å². The predicted octanol–water partition coefficient (Wildman–Crippen LogP) is 5.21. The number of carbonyl (C=O) groups is 1. The molecule has 8 heteroatoms. The van der Waals surface area contributed by atoms with Crippen LogP contribution in [-0.2, 0) is 10.0 Å². The lowest BCUT2D eigenvalue weighted by molar-refractivity contribution is 0.102. The Balaban J connectivity index is 1.78. The van der Waals surface area contributed by atoms with E-state index in [-0.39, 0.29) is 16.6 Å². The first-order chi connectivity index (χ1) is 14.3. The molecule has 3 rings (SSSR count). The molecule has 2 N–H and O–H groups in total. The van der Waals surface area contributed by atoms with E-state index in [0.717, 1.165) is 11.3 Å². The third-order valence-electron chi connectivity index (χ3n) is 4.29. The van der Waals surface area contributed by atoms with Gasteiger partial charge in [0.1, 0.15) is 10.6 Å². The first kappa shape index (κ1) is 21.9. The van der Waals surface area contributed by atoms with E-state index >= 15 is 0 Å². The first-order valence-corrected chi connectivity index (χ1v) is 11.5. The summed E-state index contributed by atoms with van der Waals surface area (Å²) in [7, 11) is -3.88. The molecule has 1 amide bonds. The van der Waals surface area contributed by atoms with Crippen molar-refractivity contribution in [2.45, 2.75) is 18.7 Å². The molecule has 0 aliphatic heterocycles. The molecule has 0 atom stereocenters. The van der Waals surface area contributed by atoms with Crippen LogP contribution >= 0.6 is 15.9 Å². The molecular formula is C22H21BrN2O4S. The highest BCUT2D eigenvalue weighted by Gasteiger charge is 2.20. The molecule has 0 radical (unpaired) electrons. The van der Waals surface area contributed by atoms with Crippen molar-refractivity contribution in [3.63, 3.8) is 0 Å². The number of hydrogen-bond donors (Lipinski definition) is 2. The molecule has 30 heavy (non-hydrogen) atoms. The largest absolute Gasteiger partial charge is 0.492 e. The molecule has 0 heterocycles. The quantitative estimate of drug-likeness (QED) is 0.477. The van der Waals surface area contributed by atoms with E-state index in [9.17, 15) is 13.2 Å². The van der Waals surface area contributed by atoms with Crippen LogP contribution in [0.4, 0.5) is 11.4 Å². The number of rotatable bonds is 7. The van der Waals surface area contributed by atoms with Crippen LogP contribution in [0.25, 0.3) is 0 Å². The zero-order valence-corrected chi connectivity index (χ0v) is 18.9. The predicted molar refractivity (Wildman–Crippen MR) is 122 cm³/mol. The van der Waals surface area contributed by atoms with E-state index in [1.807, 2.05) is 31.2 Å². The third-order valence-corrected chi connectivity index (χ3v) is 6.18. The van der Waals surface area contributed by atoms with Gasteiger partial charge in [-0.2, -0.15) is 0 Å². The average molecular weight is 489 g/mol. The van der Waals surface area contributed by atoms with Crippen molar-refractivity contribution in [2.24, 2.45) is 0 Å². The van der Waals surface area contributed by atoms with Crippen LogP contribution in [-0.4, -0.2) is 20.9 Å². The molecular weight excluding hydrogens is 468 g/mol. The average Bonchev–Trinajstić information content (AvgIpc) is 2.71. The van der Waals surface area contributed by atoms with Gasteiger partial charge < -0.3 is 10.1 Å². The molecule has 0 bridgehead atoms. The van der Waals surface area contributed by atoms with Gasteiger partial charge in [0.05, 0.1) is 6.61 Å². The monoisotopic (exact) mass is 488 g/mol. The van der Waals surface area contributed by atoms with E-state index < -0.39 is 10.0 Å². The van der Waals surface area contributed by atoms with Crippen molar-refractivity contribution in [1.29, 1.82) is 0 Å². The van der Waals surface area contributed by atoms with Gasteiger partial charge in [0.2, 0.25) is 0 Å². The molecule has 3 aromatic rings. The van der Waals surface area contributed by atoms with Crippen LogP contribution in [0.1, 0.15) is 22.8 Å². The number of benzene rings is 3. The lowest BCUT2D eigenvalue weighted by atomic mass is 10.1. The Bertz CT molecular complexity index is 1160. The van der Waals surface area contributed by atoms with Gasteiger partial charge in [-0.1, -0.05) is 34.1 Å². The SMILES string of the molecule is CCOc1ccc(Br)cc1S(=O)(=O)Nc1ccc(C(=O)Nc2ccccc2C)cc1. The number of sulfonamides is 1. The normalized spacial score (nSPS) is 11.0. The van der Waals surface area contributed by atoms with Crippen molar-refractivity contribution in [1.82, 2.24) is 0 Å². The molecule has 0 fully saturated rings. The van der Waals surface area contributed by atoms with Crippen molar-refractivity contribution < 1.29 is 17.9 Å². The van der Waals surface area contributed by atoms with Crippen LogP contribution < -0.4 is 14.8 Å². The van der Waals surface area contributed by atoms with Crippen LogP contribution in [0, 0.1) is 6.92 Å². The molecule has 0 saturated heterocycles. The first-order valence-electron chi connectivity index (χ1n) is 9.22. The summed E-state index contributed by atoms with van der Waals surface area (Å²) in [6, 6.07) is 18.5. The van der Waals surface area contributed by atoms with Crippen molar-refractivity contribution in [3.8, 4) is 5.75 Å². The van der Waals surface area contributed by atoms with Crippen LogP contribution in [0.15, 0.2) is 76.1 Å². The van der Waals surface area contributed by atoms with Crippen molar-refractivity contribution in [2.75, 3.05) is 16.6 Å². The summed E-state index contributed by atoms with van der Waals surface area (Å²) >= 11 is 3.29.